The minimum Gasteiger partial charge on any atom is -0.508 e. The number of hydrogen-bond acceptors (Lipinski definition) is 3. The van der Waals surface area contributed by atoms with Gasteiger partial charge in [0.25, 0.3) is 0 Å². The molecule has 0 unspecified atom stereocenters. The summed E-state index contributed by atoms with van der Waals surface area (Å²) in [7, 11) is 0. The van der Waals surface area contributed by atoms with Crippen molar-refractivity contribution < 1.29 is 14.6 Å². The molecule has 5 heteroatoms. The van der Waals surface area contributed by atoms with Crippen LogP contribution in [0.4, 0.5) is 10.5 Å². The first-order valence-corrected chi connectivity index (χ1v) is 7.21. The zero-order valence-electron chi connectivity index (χ0n) is 12.7. The maximum absolute atomic E-state index is 11.9. The third kappa shape index (κ3) is 4.40. The number of phenolic OH excluding ortho intramolecular Hbond substituents is 1. The van der Waals surface area contributed by atoms with Gasteiger partial charge in [0, 0.05) is 0 Å². The predicted molar refractivity (Wildman–Crippen MR) is 88.4 cm³/mol. The number of carbonyl (C=O) groups is 1. The molecule has 0 spiro atoms. The van der Waals surface area contributed by atoms with Crippen molar-refractivity contribution in [2.24, 2.45) is 0 Å². The molecule has 0 atom stereocenters. The quantitative estimate of drug-likeness (QED) is 0.813. The molecule has 116 valence electrons. The van der Waals surface area contributed by atoms with E-state index in [-0.39, 0.29) is 5.75 Å². The summed E-state index contributed by atoms with van der Waals surface area (Å²) in [6.45, 7) is 5.37. The van der Waals surface area contributed by atoms with Gasteiger partial charge in [0.15, 0.2) is 0 Å². The summed E-state index contributed by atoms with van der Waals surface area (Å²) in [6, 6.07) is 12.1. The second kappa shape index (κ2) is 6.28. The van der Waals surface area contributed by atoms with E-state index in [4.69, 9.17) is 16.3 Å². The minimum atomic E-state index is -0.584. The molecule has 0 saturated carbocycles. The Bertz CT molecular complexity index is 693. The minimum absolute atomic E-state index is 0.175. The van der Waals surface area contributed by atoms with Gasteiger partial charge in [0.2, 0.25) is 0 Å². The van der Waals surface area contributed by atoms with E-state index in [1.165, 1.54) is 0 Å². The van der Waals surface area contributed by atoms with Crippen LogP contribution in [0.3, 0.4) is 0 Å². The van der Waals surface area contributed by atoms with Crippen LogP contribution >= 0.6 is 11.6 Å². The number of amides is 1. The Labute approximate surface area is 134 Å². The highest BCUT2D eigenvalue weighted by Gasteiger charge is 2.17. The Morgan fingerprint density at radius 3 is 2.45 bits per heavy atom. The van der Waals surface area contributed by atoms with E-state index in [9.17, 15) is 9.90 Å². The van der Waals surface area contributed by atoms with Crippen molar-refractivity contribution >= 4 is 23.4 Å². The second-order valence-electron chi connectivity index (χ2n) is 5.87. The lowest BCUT2D eigenvalue weighted by Crippen LogP contribution is -2.27. The fourth-order valence-corrected chi connectivity index (χ4v) is 2.06. The van der Waals surface area contributed by atoms with Gasteiger partial charge in [-0.25, -0.2) is 4.79 Å². The molecule has 1 amide bonds. The average Bonchev–Trinajstić information content (AvgIpc) is 2.39. The average molecular weight is 320 g/mol. The van der Waals surface area contributed by atoms with Crippen LogP contribution in [0.25, 0.3) is 11.1 Å². The highest BCUT2D eigenvalue weighted by molar-refractivity contribution is 6.33. The van der Waals surface area contributed by atoms with E-state index in [0.717, 1.165) is 11.1 Å². The number of phenols is 1. The molecule has 0 fully saturated rings. The molecule has 0 aliphatic heterocycles. The first-order valence-electron chi connectivity index (χ1n) is 6.83. The highest BCUT2D eigenvalue weighted by atomic mass is 35.5. The largest absolute Gasteiger partial charge is 0.508 e. The Kier molecular flexibility index (Phi) is 4.62. The topological polar surface area (TPSA) is 58.6 Å². The Morgan fingerprint density at radius 2 is 1.82 bits per heavy atom. The SMILES string of the molecule is CC(C)(C)OC(=O)Nc1cc(-c2cccc(O)c2)ccc1Cl. The van der Waals surface area contributed by atoms with Crippen LogP contribution in [0.5, 0.6) is 5.75 Å². The first-order chi connectivity index (χ1) is 10.2. The van der Waals surface area contributed by atoms with E-state index in [2.05, 4.69) is 5.32 Å². The van der Waals surface area contributed by atoms with Gasteiger partial charge < -0.3 is 9.84 Å². The van der Waals surface area contributed by atoms with Crippen molar-refractivity contribution in [3.63, 3.8) is 0 Å². The maximum Gasteiger partial charge on any atom is 0.412 e. The smallest absolute Gasteiger partial charge is 0.412 e. The standard InChI is InChI=1S/C17H18ClNO3/c1-17(2,3)22-16(21)19-15-10-12(7-8-14(15)18)11-5-4-6-13(20)9-11/h4-10,20H,1-3H3,(H,19,21). The number of anilines is 1. The summed E-state index contributed by atoms with van der Waals surface area (Å²) < 4.78 is 5.21. The van der Waals surface area contributed by atoms with Crippen LogP contribution in [-0.4, -0.2) is 16.8 Å². The summed E-state index contributed by atoms with van der Waals surface area (Å²) in [5.74, 6) is 0.175. The zero-order chi connectivity index (χ0) is 16.3. The van der Waals surface area contributed by atoms with E-state index in [1.54, 1.807) is 51.1 Å². The molecular formula is C17H18ClNO3. The van der Waals surface area contributed by atoms with Crippen molar-refractivity contribution in [1.29, 1.82) is 0 Å². The van der Waals surface area contributed by atoms with Crippen LogP contribution in [0, 0.1) is 0 Å². The number of rotatable bonds is 2. The normalized spacial score (nSPS) is 11.1. The Morgan fingerprint density at radius 1 is 1.14 bits per heavy atom. The summed E-state index contributed by atoms with van der Waals surface area (Å²) in [4.78, 5) is 11.9. The monoisotopic (exact) mass is 319 g/mol. The van der Waals surface area contributed by atoms with Crippen LogP contribution in [0.1, 0.15) is 20.8 Å². The lowest BCUT2D eigenvalue weighted by Gasteiger charge is -2.20. The van der Waals surface area contributed by atoms with Crippen LogP contribution < -0.4 is 5.32 Å². The molecule has 2 rings (SSSR count). The second-order valence-corrected chi connectivity index (χ2v) is 6.28. The van der Waals surface area contributed by atoms with Crippen molar-refractivity contribution in [2.45, 2.75) is 26.4 Å². The van der Waals surface area contributed by atoms with Crippen LogP contribution in [-0.2, 0) is 4.74 Å². The van der Waals surface area contributed by atoms with Gasteiger partial charge in [-0.2, -0.15) is 0 Å². The first kappa shape index (κ1) is 16.2. The van der Waals surface area contributed by atoms with Gasteiger partial charge in [-0.05, 0) is 56.2 Å². The van der Waals surface area contributed by atoms with Gasteiger partial charge in [-0.3, -0.25) is 5.32 Å². The fourth-order valence-electron chi connectivity index (χ4n) is 1.90. The summed E-state index contributed by atoms with van der Waals surface area (Å²) in [5, 5.41) is 12.6. The molecule has 0 saturated heterocycles. The molecule has 2 aromatic rings. The molecule has 0 heterocycles. The number of ether oxygens (including phenoxy) is 1. The summed E-state index contributed by atoms with van der Waals surface area (Å²) >= 11 is 6.11. The number of halogens is 1. The number of aromatic hydroxyl groups is 1. The number of carbonyl (C=O) groups excluding carboxylic acids is 1. The molecule has 2 N–H and O–H groups in total. The van der Waals surface area contributed by atoms with Crippen molar-refractivity contribution in [3.8, 4) is 16.9 Å². The highest BCUT2D eigenvalue weighted by Crippen LogP contribution is 2.30. The van der Waals surface area contributed by atoms with E-state index < -0.39 is 11.7 Å². The fraction of sp³-hybridized carbons (Fsp3) is 0.235. The molecule has 0 radical (unpaired) electrons. The van der Waals surface area contributed by atoms with Gasteiger partial charge in [-0.1, -0.05) is 29.8 Å². The molecule has 0 aromatic heterocycles. The lowest BCUT2D eigenvalue weighted by atomic mass is 10.0. The van der Waals surface area contributed by atoms with Crippen molar-refractivity contribution in [2.75, 3.05) is 5.32 Å². The third-order valence-electron chi connectivity index (χ3n) is 2.78. The number of hydrogen-bond donors (Lipinski definition) is 2. The van der Waals surface area contributed by atoms with Gasteiger partial charge in [-0.15, -0.1) is 0 Å². The Balaban J connectivity index is 2.26. The summed E-state index contributed by atoms with van der Waals surface area (Å²) in [6.07, 6.45) is -0.567. The van der Waals surface area contributed by atoms with E-state index >= 15 is 0 Å². The van der Waals surface area contributed by atoms with E-state index in [0.29, 0.717) is 10.7 Å². The molecule has 22 heavy (non-hydrogen) atoms. The predicted octanol–water partition coefficient (Wildman–Crippen LogP) is 5.06. The van der Waals surface area contributed by atoms with Gasteiger partial charge >= 0.3 is 6.09 Å². The van der Waals surface area contributed by atoms with Gasteiger partial charge in [0.1, 0.15) is 11.4 Å². The molecule has 0 bridgehead atoms. The molecule has 0 aliphatic carbocycles. The van der Waals surface area contributed by atoms with Crippen LogP contribution in [0.2, 0.25) is 5.02 Å². The Hall–Kier alpha value is -2.20. The van der Waals surface area contributed by atoms with Crippen molar-refractivity contribution in [1.82, 2.24) is 0 Å². The maximum atomic E-state index is 11.9. The van der Waals surface area contributed by atoms with Gasteiger partial charge in [0.05, 0.1) is 10.7 Å². The van der Waals surface area contributed by atoms with Crippen molar-refractivity contribution in [3.05, 3.63) is 47.5 Å². The lowest BCUT2D eigenvalue weighted by molar-refractivity contribution is 0.0636. The zero-order valence-corrected chi connectivity index (χ0v) is 13.4. The van der Waals surface area contributed by atoms with E-state index in [1.807, 2.05) is 12.1 Å². The van der Waals surface area contributed by atoms with Crippen LogP contribution in [0.15, 0.2) is 42.5 Å². The molecule has 2 aromatic carbocycles. The number of nitrogens with one attached hydrogen (secondary N) is 1. The molecule has 0 aliphatic rings. The number of benzene rings is 2. The molecular weight excluding hydrogens is 302 g/mol. The third-order valence-corrected chi connectivity index (χ3v) is 3.11. The molecule has 4 nitrogen and oxygen atoms in total. The summed E-state index contributed by atoms with van der Waals surface area (Å²) in [5.41, 5.74) is 1.52.